The molecule has 7 nitrogen and oxygen atoms in total. The Labute approximate surface area is 148 Å². The van der Waals surface area contributed by atoms with Crippen LogP contribution in [0.4, 0.5) is 5.95 Å². The molecule has 1 aliphatic rings. The van der Waals surface area contributed by atoms with Crippen molar-refractivity contribution in [3.05, 3.63) is 16.6 Å². The van der Waals surface area contributed by atoms with Gasteiger partial charge in [0, 0.05) is 24.7 Å². The average Bonchev–Trinajstić information content (AvgIpc) is 2.91. The smallest absolute Gasteiger partial charge is 0.263 e. The number of aromatic nitrogens is 4. The number of nitrogens with zero attached hydrogens (tertiary/aromatic N) is 4. The Balaban J connectivity index is 1.80. The van der Waals surface area contributed by atoms with Crippen LogP contribution in [0.15, 0.2) is 11.0 Å². The largest absolute Gasteiger partial charge is 0.353 e. The maximum absolute atomic E-state index is 12.4. The molecule has 1 fully saturated rings. The highest BCUT2D eigenvalue weighted by Crippen LogP contribution is 2.22. The zero-order valence-electron chi connectivity index (χ0n) is 16.2. The Kier molecular flexibility index (Phi) is 4.39. The lowest BCUT2D eigenvalue weighted by Gasteiger charge is -2.41. The van der Waals surface area contributed by atoms with Gasteiger partial charge < -0.3 is 5.32 Å². The van der Waals surface area contributed by atoms with Gasteiger partial charge in [0.1, 0.15) is 5.39 Å². The Hall–Kier alpha value is -1.89. The molecule has 1 saturated heterocycles. The Bertz CT molecular complexity index is 800. The van der Waals surface area contributed by atoms with E-state index in [0.29, 0.717) is 23.0 Å². The molecule has 0 spiro atoms. The lowest BCUT2D eigenvalue weighted by molar-refractivity contribution is 0.106. The number of hydrogen-bond donors (Lipinski definition) is 2. The van der Waals surface area contributed by atoms with E-state index in [2.05, 4.69) is 66.8 Å². The van der Waals surface area contributed by atoms with E-state index in [-0.39, 0.29) is 16.6 Å². The van der Waals surface area contributed by atoms with Crippen LogP contribution in [0.1, 0.15) is 54.4 Å². The van der Waals surface area contributed by atoms with Crippen molar-refractivity contribution < 1.29 is 0 Å². The Morgan fingerprint density at radius 1 is 1.12 bits per heavy atom. The van der Waals surface area contributed by atoms with Gasteiger partial charge in [-0.15, -0.1) is 0 Å². The third-order valence-corrected chi connectivity index (χ3v) is 4.86. The molecule has 0 atom stereocenters. The van der Waals surface area contributed by atoms with Gasteiger partial charge in [0.15, 0.2) is 5.65 Å². The summed E-state index contributed by atoms with van der Waals surface area (Å²) in [6, 6.07) is 0.324. The Morgan fingerprint density at radius 2 is 1.76 bits per heavy atom. The number of likely N-dealkylation sites (tertiary alicyclic amines) is 1. The standard InChI is InChI=1S/C18H30N6O/c1-17(2,3)23-9-7-12(8-10-23)20-16-21-14-13(15(25)22-16)11-19-24(14)18(4,5)6/h11-12H,7-10H2,1-6H3,(H2,20,21,22,25). The third kappa shape index (κ3) is 3.71. The average molecular weight is 346 g/mol. The predicted molar refractivity (Wildman–Crippen MR) is 101 cm³/mol. The van der Waals surface area contributed by atoms with E-state index in [1.807, 2.05) is 4.68 Å². The Morgan fingerprint density at radius 3 is 2.32 bits per heavy atom. The number of rotatable bonds is 2. The predicted octanol–water partition coefficient (Wildman–Crippen LogP) is 2.55. The molecule has 138 valence electrons. The molecule has 0 aromatic carbocycles. The van der Waals surface area contributed by atoms with E-state index < -0.39 is 0 Å². The maximum Gasteiger partial charge on any atom is 0.263 e. The van der Waals surface area contributed by atoms with Crippen LogP contribution in [-0.4, -0.2) is 49.3 Å². The summed E-state index contributed by atoms with van der Waals surface area (Å²) in [7, 11) is 0. The minimum absolute atomic E-state index is 0.143. The second-order valence-corrected chi connectivity index (χ2v) is 8.96. The summed E-state index contributed by atoms with van der Waals surface area (Å²) in [5.74, 6) is 0.540. The van der Waals surface area contributed by atoms with Gasteiger partial charge in [-0.2, -0.15) is 10.1 Å². The molecule has 0 saturated carbocycles. The number of anilines is 1. The number of hydrogen-bond acceptors (Lipinski definition) is 5. The highest BCUT2D eigenvalue weighted by atomic mass is 16.1. The second-order valence-electron chi connectivity index (χ2n) is 8.96. The molecule has 3 rings (SSSR count). The molecular weight excluding hydrogens is 316 g/mol. The van der Waals surface area contributed by atoms with Crippen LogP contribution in [0.3, 0.4) is 0 Å². The van der Waals surface area contributed by atoms with E-state index >= 15 is 0 Å². The molecule has 0 radical (unpaired) electrons. The zero-order chi connectivity index (χ0) is 18.4. The lowest BCUT2D eigenvalue weighted by atomic mass is 9.98. The first-order chi connectivity index (χ1) is 11.6. The number of H-pyrrole nitrogens is 1. The van der Waals surface area contributed by atoms with Crippen molar-refractivity contribution in [2.24, 2.45) is 0 Å². The fraction of sp³-hybridized carbons (Fsp3) is 0.722. The topological polar surface area (TPSA) is 78.8 Å². The monoisotopic (exact) mass is 346 g/mol. The number of piperidine rings is 1. The summed E-state index contributed by atoms with van der Waals surface area (Å²) >= 11 is 0. The van der Waals surface area contributed by atoms with E-state index in [4.69, 9.17) is 0 Å². The summed E-state index contributed by atoms with van der Waals surface area (Å²) in [5.41, 5.74) is 0.467. The first kappa shape index (κ1) is 17.9. The summed E-state index contributed by atoms with van der Waals surface area (Å²) in [5, 5.41) is 8.30. The molecule has 2 aromatic rings. The van der Waals surface area contributed by atoms with Gasteiger partial charge in [-0.1, -0.05) is 0 Å². The van der Waals surface area contributed by atoms with Crippen LogP contribution in [0.25, 0.3) is 11.0 Å². The minimum Gasteiger partial charge on any atom is -0.353 e. The summed E-state index contributed by atoms with van der Waals surface area (Å²) < 4.78 is 1.81. The highest BCUT2D eigenvalue weighted by Gasteiger charge is 2.27. The molecule has 1 aliphatic heterocycles. The van der Waals surface area contributed by atoms with Crippen molar-refractivity contribution in [3.63, 3.8) is 0 Å². The van der Waals surface area contributed by atoms with Crippen LogP contribution in [-0.2, 0) is 5.54 Å². The van der Waals surface area contributed by atoms with Crippen LogP contribution < -0.4 is 10.9 Å². The lowest BCUT2D eigenvalue weighted by Crippen LogP contribution is -2.48. The van der Waals surface area contributed by atoms with E-state index in [1.165, 1.54) is 0 Å². The fourth-order valence-corrected chi connectivity index (χ4v) is 3.37. The zero-order valence-corrected chi connectivity index (χ0v) is 16.2. The SMILES string of the molecule is CC(C)(C)N1CCC(Nc2nc3c(cnn3C(C)(C)C)c(=O)[nH]2)CC1. The first-order valence-corrected chi connectivity index (χ1v) is 9.06. The van der Waals surface area contributed by atoms with Crippen LogP contribution in [0.5, 0.6) is 0 Å². The first-order valence-electron chi connectivity index (χ1n) is 9.06. The molecule has 25 heavy (non-hydrogen) atoms. The van der Waals surface area contributed by atoms with Crippen molar-refractivity contribution in [1.82, 2.24) is 24.6 Å². The molecule has 0 unspecified atom stereocenters. The third-order valence-electron chi connectivity index (χ3n) is 4.86. The summed E-state index contributed by atoms with van der Waals surface area (Å²) in [6.45, 7) is 15.0. The van der Waals surface area contributed by atoms with Crippen molar-refractivity contribution in [2.75, 3.05) is 18.4 Å². The minimum atomic E-state index is -0.224. The van der Waals surface area contributed by atoms with Gasteiger partial charge >= 0.3 is 0 Å². The molecule has 3 heterocycles. The maximum atomic E-state index is 12.4. The van der Waals surface area contributed by atoms with Gasteiger partial charge in [0.2, 0.25) is 5.95 Å². The van der Waals surface area contributed by atoms with Gasteiger partial charge in [-0.3, -0.25) is 14.7 Å². The van der Waals surface area contributed by atoms with Crippen molar-refractivity contribution >= 4 is 17.0 Å². The van der Waals surface area contributed by atoms with Crippen molar-refractivity contribution in [1.29, 1.82) is 0 Å². The molecule has 0 amide bonds. The van der Waals surface area contributed by atoms with E-state index in [1.54, 1.807) is 6.20 Å². The quantitative estimate of drug-likeness (QED) is 0.874. The van der Waals surface area contributed by atoms with Crippen molar-refractivity contribution in [2.45, 2.75) is 71.5 Å². The van der Waals surface area contributed by atoms with E-state index in [0.717, 1.165) is 25.9 Å². The van der Waals surface area contributed by atoms with Crippen molar-refractivity contribution in [3.8, 4) is 0 Å². The number of aromatic amines is 1. The van der Waals surface area contributed by atoms with Gasteiger partial charge in [-0.05, 0) is 54.4 Å². The highest BCUT2D eigenvalue weighted by molar-refractivity contribution is 5.74. The molecule has 2 aromatic heterocycles. The van der Waals surface area contributed by atoms with Gasteiger partial charge in [0.25, 0.3) is 5.56 Å². The molecular formula is C18H30N6O. The second kappa shape index (κ2) is 6.12. The van der Waals surface area contributed by atoms with Crippen LogP contribution in [0, 0.1) is 0 Å². The summed E-state index contributed by atoms with van der Waals surface area (Å²) in [6.07, 6.45) is 3.67. The molecule has 2 N–H and O–H groups in total. The molecule has 0 aliphatic carbocycles. The number of fused-ring (bicyclic) bond motifs is 1. The van der Waals surface area contributed by atoms with Gasteiger partial charge in [-0.25, -0.2) is 4.68 Å². The fourth-order valence-electron chi connectivity index (χ4n) is 3.37. The summed E-state index contributed by atoms with van der Waals surface area (Å²) in [4.78, 5) is 22.4. The molecule has 7 heteroatoms. The van der Waals surface area contributed by atoms with Crippen LogP contribution in [0.2, 0.25) is 0 Å². The van der Waals surface area contributed by atoms with E-state index in [9.17, 15) is 4.79 Å². The number of nitrogens with one attached hydrogen (secondary N) is 2. The van der Waals surface area contributed by atoms with Crippen LogP contribution >= 0.6 is 0 Å². The normalized spacial score (nSPS) is 18.0. The molecule has 0 bridgehead atoms. The van der Waals surface area contributed by atoms with Gasteiger partial charge in [0.05, 0.1) is 11.7 Å².